The highest BCUT2D eigenvalue weighted by Crippen LogP contribution is 2.39. The number of aliphatic hydroxyl groups is 11. The number of rotatable bonds is 57. The van der Waals surface area contributed by atoms with Crippen LogP contribution < -0.4 is 10.6 Å². The fourth-order valence-electron chi connectivity index (χ4n) is 13.1. The van der Waals surface area contributed by atoms with Gasteiger partial charge in [0.25, 0.3) is 5.79 Å². The third-order valence-electron chi connectivity index (χ3n) is 19.0. The predicted molar refractivity (Wildman–Crippen MR) is 357 cm³/mol. The molecule has 0 spiro atoms. The van der Waals surface area contributed by atoms with Crippen molar-refractivity contribution in [1.29, 1.82) is 0 Å². The van der Waals surface area contributed by atoms with Crippen LogP contribution >= 0.6 is 0 Å². The first kappa shape index (κ1) is 85.7. The molecule has 23 heteroatoms. The van der Waals surface area contributed by atoms with Crippen LogP contribution in [-0.4, -0.2) is 215 Å². The molecule has 0 aromatic carbocycles. The molecule has 23 nitrogen and oxygen atoms in total. The van der Waals surface area contributed by atoms with Crippen LogP contribution in [0.1, 0.15) is 284 Å². The van der Waals surface area contributed by atoms with E-state index in [0.717, 1.165) is 84.0 Å². The molecule has 0 radical (unpaired) electrons. The van der Waals surface area contributed by atoms with E-state index in [1.54, 1.807) is 0 Å². The van der Waals surface area contributed by atoms with Gasteiger partial charge in [0.05, 0.1) is 50.7 Å². The summed E-state index contributed by atoms with van der Waals surface area (Å²) in [5, 5.41) is 136. The number of carbonyl (C=O) groups is 3. The van der Waals surface area contributed by atoms with Gasteiger partial charge in [-0.05, 0) is 38.5 Å². The van der Waals surface area contributed by atoms with Crippen LogP contribution in [0, 0.1) is 0 Å². The van der Waals surface area contributed by atoms with Gasteiger partial charge in [0.1, 0.15) is 67.1 Å². The molecule has 0 saturated carbocycles. The average Bonchev–Trinajstić information content (AvgIpc) is 0.759. The highest BCUT2D eigenvalue weighted by atomic mass is 16.8. The largest absolute Gasteiger partial charge is 0.477 e. The van der Waals surface area contributed by atoms with Crippen molar-refractivity contribution in [1.82, 2.24) is 10.6 Å². The van der Waals surface area contributed by atoms with E-state index in [9.17, 15) is 75.7 Å². The molecular formula is C71H132N2O21. The van der Waals surface area contributed by atoms with Crippen LogP contribution in [0.3, 0.4) is 0 Å². The van der Waals surface area contributed by atoms with Crippen LogP contribution in [-0.2, 0) is 42.8 Å². The molecule has 18 atom stereocenters. The van der Waals surface area contributed by atoms with Gasteiger partial charge in [-0.1, -0.05) is 238 Å². The number of unbranched alkanes of at least 4 members (excludes halogenated alkanes) is 35. The Morgan fingerprint density at radius 3 is 1.44 bits per heavy atom. The number of carbonyl (C=O) groups excluding carboxylic acids is 2. The molecule has 0 bridgehead atoms. The van der Waals surface area contributed by atoms with Gasteiger partial charge in [-0.25, -0.2) is 4.79 Å². The van der Waals surface area contributed by atoms with Gasteiger partial charge in [-0.15, -0.1) is 0 Å². The summed E-state index contributed by atoms with van der Waals surface area (Å²) in [7, 11) is 0. The molecule has 3 aliphatic rings. The zero-order valence-corrected chi connectivity index (χ0v) is 57.8. The maximum atomic E-state index is 13.5. The van der Waals surface area contributed by atoms with Crippen LogP contribution in [0.2, 0.25) is 0 Å². The van der Waals surface area contributed by atoms with E-state index in [-0.39, 0.29) is 18.9 Å². The third kappa shape index (κ3) is 33.1. The first-order valence-electron chi connectivity index (χ1n) is 37.0. The lowest BCUT2D eigenvalue weighted by Crippen LogP contribution is -2.70. The second-order valence-electron chi connectivity index (χ2n) is 27.2. The molecule has 2 amide bonds. The highest BCUT2D eigenvalue weighted by molar-refractivity contribution is 5.77. The zero-order valence-electron chi connectivity index (χ0n) is 57.8. The Bertz CT molecular complexity index is 1940. The number of amides is 2. The predicted octanol–water partition coefficient (Wildman–Crippen LogP) is 7.85. The van der Waals surface area contributed by atoms with E-state index in [2.05, 4.69) is 36.6 Å². The molecule has 552 valence electrons. The van der Waals surface area contributed by atoms with Crippen LogP contribution in [0.25, 0.3) is 0 Å². The molecule has 3 fully saturated rings. The fourth-order valence-corrected chi connectivity index (χ4v) is 13.1. The van der Waals surface area contributed by atoms with Gasteiger partial charge < -0.3 is 100 Å². The highest BCUT2D eigenvalue weighted by Gasteiger charge is 2.60. The van der Waals surface area contributed by atoms with Crippen molar-refractivity contribution < 1.29 is 104 Å². The van der Waals surface area contributed by atoms with Gasteiger partial charge in [-0.2, -0.15) is 0 Å². The summed E-state index contributed by atoms with van der Waals surface area (Å²) in [6.45, 7) is 2.23. The quantitative estimate of drug-likeness (QED) is 0.0203. The standard InChI is InChI=1S/C71H132N2O21/c1-4-6-8-10-12-14-16-18-20-22-24-25-27-29-31-33-35-37-39-41-43-45-58(81)73-52(53(78)44-42-40-38-36-34-32-30-28-26-23-21-19-17-15-13-11-9-7-5-2)50-89-68-63(85)62(84)65(57(49-76)91-68)92-69-64(86)67(61(83)56(48-75)90-69)94-71(70(87)88)46-54(79)59(72-51(3)77)66(93-71)60(82)55(80)47-74/h25,27,52-57,59-69,74-76,78-80,82-86H,4-24,26,28-50H2,1-3H3,(H,72,77)(H,73,81)(H,87,88)/b27-25-. The van der Waals surface area contributed by atoms with E-state index >= 15 is 0 Å². The monoisotopic (exact) mass is 1350 g/mol. The number of aliphatic hydroxyl groups excluding tert-OH is 11. The Balaban J connectivity index is 1.57. The maximum Gasteiger partial charge on any atom is 0.364 e. The van der Waals surface area contributed by atoms with Crippen LogP contribution in [0.15, 0.2) is 12.2 Å². The zero-order chi connectivity index (χ0) is 68.9. The van der Waals surface area contributed by atoms with Gasteiger partial charge in [0, 0.05) is 19.8 Å². The first-order chi connectivity index (χ1) is 45.4. The Morgan fingerprint density at radius 2 is 0.989 bits per heavy atom. The summed E-state index contributed by atoms with van der Waals surface area (Å²) >= 11 is 0. The van der Waals surface area contributed by atoms with Crippen LogP contribution in [0.4, 0.5) is 0 Å². The number of hydrogen-bond donors (Lipinski definition) is 14. The third-order valence-corrected chi connectivity index (χ3v) is 19.0. The number of aliphatic carboxylic acids is 1. The molecule has 0 aromatic heterocycles. The Morgan fingerprint density at radius 1 is 0.543 bits per heavy atom. The maximum absolute atomic E-state index is 13.5. The van der Waals surface area contributed by atoms with E-state index in [1.807, 2.05) is 0 Å². The van der Waals surface area contributed by atoms with Crippen molar-refractivity contribution in [2.75, 3.05) is 26.4 Å². The summed E-state index contributed by atoms with van der Waals surface area (Å²) in [5.41, 5.74) is 0. The fraction of sp³-hybridized carbons (Fsp3) is 0.930. The molecule has 3 heterocycles. The lowest BCUT2D eigenvalue weighted by Gasteiger charge is -2.50. The van der Waals surface area contributed by atoms with Gasteiger partial charge in [-0.3, -0.25) is 9.59 Å². The van der Waals surface area contributed by atoms with Crippen molar-refractivity contribution in [3.8, 4) is 0 Å². The average molecular weight is 1350 g/mol. The smallest absolute Gasteiger partial charge is 0.364 e. The number of ether oxygens (including phenoxy) is 6. The second kappa shape index (κ2) is 51.6. The van der Waals surface area contributed by atoms with Crippen molar-refractivity contribution in [3.63, 3.8) is 0 Å². The Hall–Kier alpha value is -2.53. The van der Waals surface area contributed by atoms with Crippen LogP contribution in [0.5, 0.6) is 0 Å². The van der Waals surface area contributed by atoms with E-state index < -0.39 is 148 Å². The number of carboxylic acids is 1. The first-order valence-corrected chi connectivity index (χ1v) is 37.0. The minimum atomic E-state index is -3.08. The number of hydrogen-bond acceptors (Lipinski definition) is 20. The van der Waals surface area contributed by atoms with Gasteiger partial charge in [0.2, 0.25) is 11.8 Å². The lowest BCUT2D eigenvalue weighted by molar-refractivity contribution is -0.386. The molecule has 0 aromatic rings. The minimum Gasteiger partial charge on any atom is -0.477 e. The molecule has 0 aliphatic carbocycles. The van der Waals surface area contributed by atoms with E-state index in [1.165, 1.54) is 154 Å². The molecule has 14 N–H and O–H groups in total. The molecular weight excluding hydrogens is 1220 g/mol. The number of carboxylic acid groups (broad SMARTS) is 1. The molecule has 18 unspecified atom stereocenters. The SMILES string of the molecule is CCCCCCCCCCCC/C=C\CCCCCCCCCC(=O)NC(COC1OC(CO)C(OC2OC(CO)C(O)C(OC3(C(=O)O)CC(O)C(NC(C)=O)C(C(O)C(O)CO)O3)C2O)C(O)C1O)C(O)CCCCCCCCCCCCCCCCCCCCC. The minimum absolute atomic E-state index is 0.220. The molecule has 3 saturated heterocycles. The van der Waals surface area contributed by atoms with Crippen molar-refractivity contribution in [2.45, 2.75) is 394 Å². The summed E-state index contributed by atoms with van der Waals surface area (Å²) in [6.07, 6.45) is 22.0. The molecule has 94 heavy (non-hydrogen) atoms. The summed E-state index contributed by atoms with van der Waals surface area (Å²) < 4.78 is 34.9. The number of nitrogens with one attached hydrogen (secondary N) is 2. The van der Waals surface area contributed by atoms with Crippen molar-refractivity contribution in [2.24, 2.45) is 0 Å². The number of allylic oxidation sites excluding steroid dienone is 2. The summed E-state index contributed by atoms with van der Waals surface area (Å²) in [4.78, 5) is 38.6. The molecule has 3 aliphatic heterocycles. The Kier molecular flexibility index (Phi) is 47.0. The lowest BCUT2D eigenvalue weighted by atomic mass is 9.88. The molecule has 3 rings (SSSR count). The van der Waals surface area contributed by atoms with Crippen molar-refractivity contribution >= 4 is 17.8 Å². The second-order valence-corrected chi connectivity index (χ2v) is 27.2. The van der Waals surface area contributed by atoms with Gasteiger partial charge in [0.15, 0.2) is 12.6 Å². The van der Waals surface area contributed by atoms with Crippen molar-refractivity contribution in [3.05, 3.63) is 12.2 Å². The van der Waals surface area contributed by atoms with E-state index in [0.29, 0.717) is 19.3 Å². The normalized spacial score (nSPS) is 27.9. The summed E-state index contributed by atoms with van der Waals surface area (Å²) in [6, 6.07) is -2.53. The van der Waals surface area contributed by atoms with E-state index in [4.69, 9.17) is 28.4 Å². The topological polar surface area (TPSA) is 373 Å². The van der Waals surface area contributed by atoms with Gasteiger partial charge >= 0.3 is 5.97 Å². The summed E-state index contributed by atoms with van der Waals surface area (Å²) in [5.74, 6) is -6.10. The Labute approximate surface area is 562 Å².